The second-order valence-electron chi connectivity index (χ2n) is 10.1. The molecule has 0 spiro atoms. The van der Waals surface area contributed by atoms with Gasteiger partial charge in [0.25, 0.3) is 5.78 Å². The van der Waals surface area contributed by atoms with Crippen LogP contribution >= 0.6 is 0 Å². The lowest BCUT2D eigenvalue weighted by Gasteiger charge is -2.37. The lowest BCUT2D eigenvalue weighted by atomic mass is 9.83. The van der Waals surface area contributed by atoms with Gasteiger partial charge in [-0.3, -0.25) is 9.59 Å². The van der Waals surface area contributed by atoms with Crippen LogP contribution < -0.4 is 15.6 Å². The Morgan fingerprint density at radius 2 is 1.77 bits per heavy atom. The number of carbonyl (C=O) groups is 1. The molecule has 1 N–H and O–H groups in total. The summed E-state index contributed by atoms with van der Waals surface area (Å²) in [6.07, 6.45) is -3.04. The van der Waals surface area contributed by atoms with Crippen molar-refractivity contribution in [2.45, 2.75) is 52.8 Å². The molecule has 0 saturated carbocycles. The smallest absolute Gasteiger partial charge is 0.440 e. The molecule has 0 aliphatic carbocycles. The van der Waals surface area contributed by atoms with Gasteiger partial charge in [-0.05, 0) is 55.9 Å². The van der Waals surface area contributed by atoms with Crippen LogP contribution in [-0.2, 0) is 0 Å². The molecule has 35 heavy (non-hydrogen) atoms. The van der Waals surface area contributed by atoms with E-state index < -0.39 is 23.6 Å². The Balaban J connectivity index is 1.74. The van der Waals surface area contributed by atoms with Crippen molar-refractivity contribution in [1.29, 1.82) is 0 Å². The van der Waals surface area contributed by atoms with Crippen LogP contribution in [0.4, 0.5) is 24.7 Å². The van der Waals surface area contributed by atoms with Gasteiger partial charge in [0.05, 0.1) is 17.0 Å². The third-order valence-corrected chi connectivity index (χ3v) is 6.68. The van der Waals surface area contributed by atoms with E-state index in [4.69, 9.17) is 4.42 Å². The van der Waals surface area contributed by atoms with Crippen molar-refractivity contribution in [3.63, 3.8) is 0 Å². The molecule has 1 fully saturated rings. The number of ketones is 1. The predicted octanol–water partition coefficient (Wildman–Crippen LogP) is 6.65. The fourth-order valence-corrected chi connectivity index (χ4v) is 4.50. The van der Waals surface area contributed by atoms with Gasteiger partial charge in [0.2, 0.25) is 0 Å². The van der Waals surface area contributed by atoms with Crippen LogP contribution in [0.15, 0.2) is 51.7 Å². The molecule has 4 rings (SSSR count). The SMILES string of the molecule is Cc1cc(C(C)Nc2ccccc2C(=O)C(F)(F)F)c2oc(N3CCC(C)(C)CC3)cc(=O)c2c1. The van der Waals surface area contributed by atoms with Gasteiger partial charge in [-0.2, -0.15) is 13.2 Å². The molecule has 0 bridgehead atoms. The number of alkyl halides is 3. The summed E-state index contributed by atoms with van der Waals surface area (Å²) < 4.78 is 45.6. The van der Waals surface area contributed by atoms with E-state index >= 15 is 0 Å². The highest BCUT2D eigenvalue weighted by molar-refractivity contribution is 6.04. The monoisotopic (exact) mass is 486 g/mol. The van der Waals surface area contributed by atoms with Gasteiger partial charge in [0, 0.05) is 30.4 Å². The summed E-state index contributed by atoms with van der Waals surface area (Å²) in [6.45, 7) is 9.58. The molecule has 3 aromatic rings. The summed E-state index contributed by atoms with van der Waals surface area (Å²) in [6, 6.07) is 10.1. The number of benzene rings is 2. The maximum atomic E-state index is 13.1. The van der Waals surface area contributed by atoms with Crippen LogP contribution in [0.5, 0.6) is 0 Å². The molecule has 0 amide bonds. The molecular weight excluding hydrogens is 457 g/mol. The minimum atomic E-state index is -4.98. The van der Waals surface area contributed by atoms with Gasteiger partial charge in [-0.15, -0.1) is 0 Å². The second kappa shape index (κ2) is 9.06. The topological polar surface area (TPSA) is 62.6 Å². The van der Waals surface area contributed by atoms with Gasteiger partial charge in [0.15, 0.2) is 11.3 Å². The van der Waals surface area contributed by atoms with Gasteiger partial charge in [-0.25, -0.2) is 0 Å². The first kappa shape index (κ1) is 24.8. The molecule has 1 unspecified atom stereocenters. The molecule has 1 aliphatic rings. The summed E-state index contributed by atoms with van der Waals surface area (Å²) in [5, 5.41) is 3.44. The molecule has 2 heterocycles. The number of nitrogens with one attached hydrogen (secondary N) is 1. The molecular formula is C27H29F3N2O3. The zero-order valence-electron chi connectivity index (χ0n) is 20.3. The van der Waals surface area contributed by atoms with Crippen LogP contribution in [0, 0.1) is 12.3 Å². The number of anilines is 2. The third-order valence-electron chi connectivity index (χ3n) is 6.68. The fraction of sp³-hybridized carbons (Fsp3) is 0.407. The third kappa shape index (κ3) is 5.21. The molecule has 8 heteroatoms. The lowest BCUT2D eigenvalue weighted by molar-refractivity contribution is -0.0884. The normalized spacial score (nSPS) is 16.8. The van der Waals surface area contributed by atoms with Crippen molar-refractivity contribution in [3.8, 4) is 0 Å². The minimum Gasteiger partial charge on any atom is -0.440 e. The Labute approximate surface area is 201 Å². The van der Waals surface area contributed by atoms with E-state index in [1.807, 2.05) is 13.0 Å². The number of halogens is 3. The van der Waals surface area contributed by atoms with E-state index in [2.05, 4.69) is 24.1 Å². The number of hydrogen-bond donors (Lipinski definition) is 1. The summed E-state index contributed by atoms with van der Waals surface area (Å²) in [5.41, 5.74) is 1.51. The summed E-state index contributed by atoms with van der Waals surface area (Å²) in [7, 11) is 0. The largest absolute Gasteiger partial charge is 0.454 e. The number of nitrogens with zero attached hydrogens (tertiary/aromatic N) is 1. The fourth-order valence-electron chi connectivity index (χ4n) is 4.50. The van der Waals surface area contributed by atoms with Crippen molar-refractivity contribution in [2.24, 2.45) is 5.41 Å². The maximum Gasteiger partial charge on any atom is 0.454 e. The highest BCUT2D eigenvalue weighted by Crippen LogP contribution is 2.35. The van der Waals surface area contributed by atoms with Crippen molar-refractivity contribution in [1.82, 2.24) is 0 Å². The van der Waals surface area contributed by atoms with Gasteiger partial charge in [-0.1, -0.05) is 32.0 Å². The number of carbonyl (C=O) groups excluding carboxylic acids is 1. The number of hydrogen-bond acceptors (Lipinski definition) is 5. The Morgan fingerprint density at radius 3 is 2.43 bits per heavy atom. The van der Waals surface area contributed by atoms with Crippen LogP contribution in [0.25, 0.3) is 11.0 Å². The Bertz CT molecular complexity index is 1320. The molecule has 186 valence electrons. The zero-order chi connectivity index (χ0) is 25.5. The van der Waals surface area contributed by atoms with Gasteiger partial charge < -0.3 is 14.6 Å². The number of para-hydroxylation sites is 1. The number of piperidine rings is 1. The van der Waals surface area contributed by atoms with E-state index in [1.165, 1.54) is 18.2 Å². The predicted molar refractivity (Wildman–Crippen MR) is 131 cm³/mol. The van der Waals surface area contributed by atoms with Crippen molar-refractivity contribution < 1.29 is 22.4 Å². The molecule has 0 radical (unpaired) electrons. The Kier molecular flexibility index (Phi) is 6.42. The highest BCUT2D eigenvalue weighted by atomic mass is 19.4. The zero-order valence-corrected chi connectivity index (χ0v) is 20.3. The Morgan fingerprint density at radius 1 is 1.11 bits per heavy atom. The van der Waals surface area contributed by atoms with Crippen LogP contribution in [0.1, 0.15) is 61.1 Å². The molecule has 1 atom stereocenters. The van der Waals surface area contributed by atoms with Gasteiger partial charge in [0.1, 0.15) is 5.58 Å². The van der Waals surface area contributed by atoms with E-state index in [0.29, 0.717) is 22.4 Å². The first-order valence-electron chi connectivity index (χ1n) is 11.7. The number of fused-ring (bicyclic) bond motifs is 1. The first-order valence-corrected chi connectivity index (χ1v) is 11.7. The highest BCUT2D eigenvalue weighted by Gasteiger charge is 2.40. The van der Waals surface area contributed by atoms with Crippen LogP contribution in [0.3, 0.4) is 0 Å². The molecule has 1 aromatic heterocycles. The quantitative estimate of drug-likeness (QED) is 0.409. The minimum absolute atomic E-state index is 0.0637. The van der Waals surface area contributed by atoms with E-state index in [0.717, 1.165) is 37.6 Å². The summed E-state index contributed by atoms with van der Waals surface area (Å²) in [5.74, 6) is -1.42. The summed E-state index contributed by atoms with van der Waals surface area (Å²) >= 11 is 0. The second-order valence-corrected chi connectivity index (χ2v) is 10.1. The average molecular weight is 487 g/mol. The maximum absolute atomic E-state index is 13.1. The Hall–Kier alpha value is -3.29. The standard InChI is InChI=1S/C27H29F3N2O3/c1-16-13-19(17(2)31-21-8-6-5-7-18(21)25(34)27(28,29)30)24-20(14-16)22(33)15-23(35-24)32-11-9-26(3,4)10-12-32/h5-8,13-15,17,31H,9-12H2,1-4H3. The lowest BCUT2D eigenvalue weighted by Crippen LogP contribution is -2.37. The van der Waals surface area contributed by atoms with Crippen molar-refractivity contribution in [2.75, 3.05) is 23.3 Å². The molecule has 1 saturated heterocycles. The molecule has 1 aliphatic heterocycles. The van der Waals surface area contributed by atoms with E-state index in [1.54, 1.807) is 19.1 Å². The molecule has 5 nitrogen and oxygen atoms in total. The number of rotatable bonds is 5. The van der Waals surface area contributed by atoms with Crippen LogP contribution in [0.2, 0.25) is 0 Å². The number of Topliss-reactive ketones (excluding diaryl/α,β-unsaturated/α-hetero) is 1. The first-order chi connectivity index (χ1) is 16.4. The van der Waals surface area contributed by atoms with Crippen LogP contribution in [-0.4, -0.2) is 25.0 Å². The van der Waals surface area contributed by atoms with Gasteiger partial charge >= 0.3 is 6.18 Å². The van der Waals surface area contributed by atoms with E-state index in [-0.39, 0.29) is 16.5 Å². The van der Waals surface area contributed by atoms with Crippen molar-refractivity contribution in [3.05, 3.63) is 69.4 Å². The van der Waals surface area contributed by atoms with E-state index in [9.17, 15) is 22.8 Å². The number of aryl methyl sites for hydroxylation is 1. The average Bonchev–Trinajstić information content (AvgIpc) is 2.78. The molecule has 2 aromatic carbocycles. The van der Waals surface area contributed by atoms with Crippen molar-refractivity contribution >= 4 is 28.3 Å². The summed E-state index contributed by atoms with van der Waals surface area (Å²) in [4.78, 5) is 27.0.